The molecule has 44 heavy (non-hydrogen) atoms. The number of carbonyl (C=O) groups is 2. The molecule has 9 heteroatoms. The molecular formula is C35H47N5O4. The number of carbonyl (C=O) groups excluding carboxylic acids is 2. The Bertz CT molecular complexity index is 1420. The molecule has 236 valence electrons. The molecule has 0 spiro atoms. The summed E-state index contributed by atoms with van der Waals surface area (Å²) in [7, 11) is 1.71. The van der Waals surface area contributed by atoms with Gasteiger partial charge in [0.2, 0.25) is 11.8 Å². The highest BCUT2D eigenvalue weighted by Crippen LogP contribution is 2.39. The second-order valence-electron chi connectivity index (χ2n) is 12.9. The van der Waals surface area contributed by atoms with Crippen molar-refractivity contribution in [3.63, 3.8) is 0 Å². The number of amides is 2. The van der Waals surface area contributed by atoms with Crippen LogP contribution >= 0.6 is 0 Å². The predicted octanol–water partition coefficient (Wildman–Crippen LogP) is 5.82. The number of ether oxygens (including phenoxy) is 1. The summed E-state index contributed by atoms with van der Waals surface area (Å²) in [6, 6.07) is 10.8. The first kappa shape index (κ1) is 31.7. The van der Waals surface area contributed by atoms with Crippen molar-refractivity contribution in [1.82, 2.24) is 20.1 Å². The normalized spacial score (nSPS) is 22.0. The summed E-state index contributed by atoms with van der Waals surface area (Å²) in [5.41, 5.74) is 4.54. The van der Waals surface area contributed by atoms with Gasteiger partial charge in [-0.15, -0.1) is 0 Å². The van der Waals surface area contributed by atoms with Gasteiger partial charge in [-0.25, -0.2) is 4.98 Å². The summed E-state index contributed by atoms with van der Waals surface area (Å²) >= 11 is 0. The van der Waals surface area contributed by atoms with Crippen LogP contribution in [0, 0.1) is 18.8 Å². The fourth-order valence-corrected chi connectivity index (χ4v) is 6.88. The Balaban J connectivity index is 1.32. The highest BCUT2D eigenvalue weighted by atomic mass is 16.5. The highest BCUT2D eigenvalue weighted by molar-refractivity contribution is 5.94. The maximum absolute atomic E-state index is 14.2. The van der Waals surface area contributed by atoms with E-state index in [1.165, 1.54) is 11.1 Å². The number of nitrogens with zero attached hydrogens (tertiary/aromatic N) is 4. The minimum absolute atomic E-state index is 0.00275. The molecule has 1 aromatic carbocycles. The molecule has 5 rings (SSSR count). The van der Waals surface area contributed by atoms with E-state index in [-0.39, 0.29) is 29.8 Å². The molecule has 2 aromatic heterocycles. The van der Waals surface area contributed by atoms with Crippen LogP contribution in [0.5, 0.6) is 5.75 Å². The Morgan fingerprint density at radius 3 is 2.43 bits per heavy atom. The third kappa shape index (κ3) is 7.49. The monoisotopic (exact) mass is 601 g/mol. The second-order valence-corrected chi connectivity index (χ2v) is 12.9. The number of anilines is 1. The van der Waals surface area contributed by atoms with E-state index in [1.807, 2.05) is 34.1 Å². The zero-order chi connectivity index (χ0) is 31.2. The molecule has 0 atom stereocenters. The van der Waals surface area contributed by atoms with E-state index in [1.54, 1.807) is 13.3 Å². The minimum Gasteiger partial charge on any atom is -0.496 e. The average Bonchev–Trinajstić information content (AvgIpc) is 3.55. The highest BCUT2D eigenvalue weighted by Gasteiger charge is 2.33. The number of aromatic nitrogens is 3. The lowest BCUT2D eigenvalue weighted by atomic mass is 9.78. The van der Waals surface area contributed by atoms with Gasteiger partial charge in [0.25, 0.3) is 0 Å². The lowest BCUT2D eigenvalue weighted by molar-refractivity contribution is -0.125. The molecule has 2 N–H and O–H groups in total. The van der Waals surface area contributed by atoms with Crippen LogP contribution in [-0.2, 0) is 9.59 Å². The maximum Gasteiger partial charge on any atom is 0.245 e. The number of aliphatic hydroxyl groups excluding tert-OH is 1. The van der Waals surface area contributed by atoms with Crippen molar-refractivity contribution >= 4 is 17.6 Å². The fraction of sp³-hybridized carbons (Fsp3) is 0.543. The van der Waals surface area contributed by atoms with Crippen LogP contribution < -0.4 is 15.0 Å². The van der Waals surface area contributed by atoms with Crippen LogP contribution in [0.1, 0.15) is 88.3 Å². The third-order valence-electron chi connectivity index (χ3n) is 9.51. The summed E-state index contributed by atoms with van der Waals surface area (Å²) in [5.74, 6) is 2.16. The number of hydrogen-bond acceptors (Lipinski definition) is 6. The van der Waals surface area contributed by atoms with E-state index in [0.29, 0.717) is 37.0 Å². The van der Waals surface area contributed by atoms with Gasteiger partial charge >= 0.3 is 0 Å². The van der Waals surface area contributed by atoms with Gasteiger partial charge in [-0.2, -0.15) is 5.10 Å². The van der Waals surface area contributed by atoms with E-state index in [2.05, 4.69) is 49.4 Å². The minimum atomic E-state index is -0.509. The van der Waals surface area contributed by atoms with E-state index in [4.69, 9.17) is 14.8 Å². The van der Waals surface area contributed by atoms with E-state index >= 15 is 0 Å². The summed E-state index contributed by atoms with van der Waals surface area (Å²) in [4.78, 5) is 32.6. The number of pyridine rings is 1. The largest absolute Gasteiger partial charge is 0.496 e. The molecule has 0 saturated heterocycles. The standard InChI is InChI=1S/C35H47N5O4/c1-23(2)40-21-30(19-37-40)29-15-16-36-33(18-29)39(35(43)27-9-12-31(13-10-27)38-34(42)22-41)20-25-5-7-26(8-6-25)28-11-14-32(44-4)24(3)17-28/h11,14-19,21,23,25-27,31,41H,5-10,12-13,20,22H2,1-4H3,(H,38,42)/t25-,26-,27-,31-. The summed E-state index contributed by atoms with van der Waals surface area (Å²) in [5, 5.41) is 16.5. The van der Waals surface area contributed by atoms with Crippen molar-refractivity contribution in [2.24, 2.45) is 11.8 Å². The number of methoxy groups -OCH3 is 1. The van der Waals surface area contributed by atoms with Gasteiger partial charge in [0.15, 0.2) is 0 Å². The second kappa shape index (κ2) is 14.4. The van der Waals surface area contributed by atoms with Crippen molar-refractivity contribution < 1.29 is 19.4 Å². The number of benzene rings is 1. The Kier molecular flexibility index (Phi) is 10.4. The number of rotatable bonds is 10. The first-order chi connectivity index (χ1) is 21.2. The van der Waals surface area contributed by atoms with Crippen molar-refractivity contribution in [2.45, 2.75) is 90.1 Å². The molecule has 3 aromatic rings. The molecule has 2 aliphatic rings. The first-order valence-corrected chi connectivity index (χ1v) is 16.1. The van der Waals surface area contributed by atoms with Crippen LogP contribution in [0.15, 0.2) is 48.9 Å². The van der Waals surface area contributed by atoms with Crippen LogP contribution in [0.3, 0.4) is 0 Å². The third-order valence-corrected chi connectivity index (χ3v) is 9.51. The van der Waals surface area contributed by atoms with Gasteiger partial charge in [-0.3, -0.25) is 19.2 Å². The lowest BCUT2D eigenvalue weighted by Crippen LogP contribution is -2.44. The van der Waals surface area contributed by atoms with Gasteiger partial charge in [0, 0.05) is 42.5 Å². The summed E-state index contributed by atoms with van der Waals surface area (Å²) in [6.45, 7) is 6.44. The molecule has 0 bridgehead atoms. The van der Waals surface area contributed by atoms with Gasteiger partial charge in [0.05, 0.1) is 13.3 Å². The van der Waals surface area contributed by atoms with Crippen LogP contribution in [0.4, 0.5) is 5.82 Å². The Labute approximate surface area is 261 Å². The molecule has 2 fully saturated rings. The molecule has 2 saturated carbocycles. The lowest BCUT2D eigenvalue weighted by Gasteiger charge is -2.36. The average molecular weight is 602 g/mol. The van der Waals surface area contributed by atoms with Crippen LogP contribution in [-0.4, -0.2) is 58.0 Å². The molecule has 9 nitrogen and oxygen atoms in total. The molecule has 0 unspecified atom stereocenters. The maximum atomic E-state index is 14.2. The molecule has 0 radical (unpaired) electrons. The topological polar surface area (TPSA) is 110 Å². The van der Waals surface area contributed by atoms with Gasteiger partial charge < -0.3 is 15.2 Å². The molecular weight excluding hydrogens is 554 g/mol. The quantitative estimate of drug-likeness (QED) is 0.303. The van der Waals surface area contributed by atoms with E-state index in [9.17, 15) is 9.59 Å². The van der Waals surface area contributed by atoms with Crippen molar-refractivity contribution in [2.75, 3.05) is 25.2 Å². The van der Waals surface area contributed by atoms with Crippen molar-refractivity contribution in [3.05, 3.63) is 60.0 Å². The molecule has 2 aliphatic carbocycles. The smallest absolute Gasteiger partial charge is 0.245 e. The number of aliphatic hydroxyl groups is 1. The number of hydrogen-bond donors (Lipinski definition) is 2. The molecule has 0 aliphatic heterocycles. The van der Waals surface area contributed by atoms with E-state index < -0.39 is 6.61 Å². The molecule has 2 amide bonds. The zero-order valence-corrected chi connectivity index (χ0v) is 26.5. The van der Waals surface area contributed by atoms with Crippen molar-refractivity contribution in [3.8, 4) is 16.9 Å². The van der Waals surface area contributed by atoms with Crippen molar-refractivity contribution in [1.29, 1.82) is 0 Å². The van der Waals surface area contributed by atoms with Gasteiger partial charge in [-0.05, 0) is 119 Å². The van der Waals surface area contributed by atoms with E-state index in [0.717, 1.165) is 55.4 Å². The first-order valence-electron chi connectivity index (χ1n) is 16.1. The summed E-state index contributed by atoms with van der Waals surface area (Å²) < 4.78 is 7.40. The Hall–Kier alpha value is -3.72. The van der Waals surface area contributed by atoms with Crippen LogP contribution in [0.25, 0.3) is 11.1 Å². The fourth-order valence-electron chi connectivity index (χ4n) is 6.88. The Morgan fingerprint density at radius 2 is 1.80 bits per heavy atom. The van der Waals surface area contributed by atoms with Gasteiger partial charge in [-0.1, -0.05) is 12.1 Å². The van der Waals surface area contributed by atoms with Gasteiger partial charge in [0.1, 0.15) is 18.2 Å². The zero-order valence-electron chi connectivity index (χ0n) is 26.5. The predicted molar refractivity (Wildman–Crippen MR) is 172 cm³/mol. The SMILES string of the molecule is COc1ccc([C@H]2CC[C@H](CN(c3cc(-c4cnn(C(C)C)c4)ccn3)C(=O)[C@H]3CC[C@H](NC(=O)CO)CC3)CC2)cc1C. The number of aryl methyl sites for hydroxylation is 1. The van der Waals surface area contributed by atoms with Crippen LogP contribution in [0.2, 0.25) is 0 Å². The summed E-state index contributed by atoms with van der Waals surface area (Å²) in [6.07, 6.45) is 12.9. The molecule has 2 heterocycles. The number of nitrogens with one attached hydrogen (secondary N) is 1. The Morgan fingerprint density at radius 1 is 1.05 bits per heavy atom.